The summed E-state index contributed by atoms with van der Waals surface area (Å²) in [6, 6.07) is 16.8. The molecule has 0 aliphatic carbocycles. The maximum absolute atomic E-state index is 13.2. The molecule has 7 nitrogen and oxygen atoms in total. The largest absolute Gasteiger partial charge is 0.398 e. The van der Waals surface area contributed by atoms with E-state index in [1.54, 1.807) is 12.1 Å². The number of alkyl halides is 1. The number of nitro groups is 1. The molecule has 0 fully saturated rings. The van der Waals surface area contributed by atoms with Crippen molar-refractivity contribution in [1.29, 1.82) is 0 Å². The van der Waals surface area contributed by atoms with Crippen LogP contribution in [0.15, 0.2) is 54.6 Å². The fraction of sp³-hybridized carbons (Fsp3) is 0.414. The van der Waals surface area contributed by atoms with Crippen LogP contribution in [0.5, 0.6) is 0 Å². The molecule has 4 rings (SSSR count). The predicted molar refractivity (Wildman–Crippen MR) is 151 cm³/mol. The maximum Gasteiger partial charge on any atom is 0.269 e. The Morgan fingerprint density at radius 2 is 1.76 bits per heavy atom. The summed E-state index contributed by atoms with van der Waals surface area (Å²) >= 11 is 6.32. The molecule has 1 aliphatic heterocycles. The van der Waals surface area contributed by atoms with Gasteiger partial charge in [-0.15, -0.1) is 11.6 Å². The third-order valence-corrected chi connectivity index (χ3v) is 7.72. The molecule has 1 unspecified atom stereocenters. The summed E-state index contributed by atoms with van der Waals surface area (Å²) in [4.78, 5) is 25.5. The van der Waals surface area contributed by atoms with Crippen LogP contribution in [-0.2, 0) is 11.3 Å². The van der Waals surface area contributed by atoms with Crippen molar-refractivity contribution in [2.45, 2.75) is 44.6 Å². The van der Waals surface area contributed by atoms with E-state index in [1.807, 2.05) is 41.3 Å². The summed E-state index contributed by atoms with van der Waals surface area (Å²) in [6.45, 7) is 2.44. The van der Waals surface area contributed by atoms with E-state index < -0.39 is 0 Å². The average Bonchev–Trinajstić information content (AvgIpc) is 3.25. The number of quaternary nitrogens is 1. The zero-order valence-electron chi connectivity index (χ0n) is 21.7. The first-order chi connectivity index (χ1) is 17.7. The van der Waals surface area contributed by atoms with Crippen LogP contribution in [-0.4, -0.2) is 48.4 Å². The number of halogens is 1. The van der Waals surface area contributed by atoms with Crippen molar-refractivity contribution in [3.05, 3.63) is 75.8 Å². The Balaban J connectivity index is 1.25. The first-order valence-corrected chi connectivity index (χ1v) is 13.5. The number of carbonyl (C=O) groups is 1. The highest BCUT2D eigenvalue weighted by Gasteiger charge is 2.33. The number of nitrogens with two attached hydrogens (primary N) is 1. The van der Waals surface area contributed by atoms with E-state index in [0.717, 1.165) is 70.8 Å². The van der Waals surface area contributed by atoms with E-state index in [1.165, 1.54) is 0 Å². The van der Waals surface area contributed by atoms with Crippen LogP contribution in [0.2, 0.25) is 0 Å². The maximum atomic E-state index is 13.2. The van der Waals surface area contributed by atoms with Gasteiger partial charge >= 0.3 is 0 Å². The van der Waals surface area contributed by atoms with Gasteiger partial charge in [-0.2, -0.15) is 0 Å². The Kier molecular flexibility index (Phi) is 8.35. The van der Waals surface area contributed by atoms with Gasteiger partial charge in [-0.3, -0.25) is 14.9 Å². The zero-order chi connectivity index (χ0) is 26.6. The molecule has 0 radical (unpaired) electrons. The molecule has 0 saturated heterocycles. The number of amides is 1. The van der Waals surface area contributed by atoms with Crippen molar-refractivity contribution in [1.82, 2.24) is 0 Å². The fourth-order valence-electron chi connectivity index (χ4n) is 5.44. The number of hydrogen-bond acceptors (Lipinski definition) is 4. The Bertz CT molecular complexity index is 1280. The summed E-state index contributed by atoms with van der Waals surface area (Å²) in [5, 5.41) is 13.0. The van der Waals surface area contributed by atoms with Crippen LogP contribution >= 0.6 is 11.6 Å². The number of benzene rings is 3. The summed E-state index contributed by atoms with van der Waals surface area (Å²) in [5.41, 5.74) is 10.3. The molecule has 0 spiro atoms. The number of fused-ring (bicyclic) bond motifs is 3. The van der Waals surface area contributed by atoms with Crippen LogP contribution in [0.1, 0.15) is 49.1 Å². The third-order valence-electron chi connectivity index (χ3n) is 7.35. The van der Waals surface area contributed by atoms with Crippen molar-refractivity contribution in [3.63, 3.8) is 0 Å². The minimum Gasteiger partial charge on any atom is -0.398 e. The number of anilines is 2. The topological polar surface area (TPSA) is 89.5 Å². The second kappa shape index (κ2) is 11.5. The number of hydrogen-bond donors (Lipinski definition) is 1. The average molecular weight is 524 g/mol. The number of non-ortho nitro benzene ring substituents is 1. The van der Waals surface area contributed by atoms with Gasteiger partial charge in [0.1, 0.15) is 6.54 Å². The SMILES string of the molecule is C[N+](C)(CCCCCCC(=O)N1CC(CCl)c2c1cc(N)c1ccccc21)Cc1ccc([N+](=O)[O-])cc1. The van der Waals surface area contributed by atoms with Crippen LogP contribution < -0.4 is 10.6 Å². The smallest absolute Gasteiger partial charge is 0.269 e. The Morgan fingerprint density at radius 3 is 2.43 bits per heavy atom. The van der Waals surface area contributed by atoms with Gasteiger partial charge in [0.25, 0.3) is 5.69 Å². The van der Waals surface area contributed by atoms with Crippen LogP contribution in [0.3, 0.4) is 0 Å². The van der Waals surface area contributed by atoms with Gasteiger partial charge in [-0.25, -0.2) is 0 Å². The normalized spacial score (nSPS) is 15.2. The fourth-order valence-corrected chi connectivity index (χ4v) is 5.69. The molecule has 0 aromatic heterocycles. The second-order valence-electron chi connectivity index (χ2n) is 10.7. The monoisotopic (exact) mass is 523 g/mol. The number of nitrogen functional groups attached to an aromatic ring is 1. The van der Waals surface area contributed by atoms with E-state index >= 15 is 0 Å². The van der Waals surface area contributed by atoms with Crippen molar-refractivity contribution >= 4 is 45.3 Å². The lowest BCUT2D eigenvalue weighted by Crippen LogP contribution is -2.39. The van der Waals surface area contributed by atoms with Gasteiger partial charge in [-0.1, -0.05) is 30.7 Å². The summed E-state index contributed by atoms with van der Waals surface area (Å²) in [7, 11) is 4.36. The Morgan fingerprint density at radius 1 is 1.08 bits per heavy atom. The molecule has 196 valence electrons. The van der Waals surface area contributed by atoms with Crippen LogP contribution in [0.4, 0.5) is 17.1 Å². The van der Waals surface area contributed by atoms with Crippen molar-refractivity contribution < 1.29 is 14.2 Å². The minimum atomic E-state index is -0.370. The lowest BCUT2D eigenvalue weighted by molar-refractivity contribution is -0.903. The van der Waals surface area contributed by atoms with E-state index in [4.69, 9.17) is 17.3 Å². The third kappa shape index (κ3) is 6.22. The van der Waals surface area contributed by atoms with E-state index in [0.29, 0.717) is 24.5 Å². The molecule has 3 aromatic rings. The first kappa shape index (κ1) is 26.9. The van der Waals surface area contributed by atoms with Crippen molar-refractivity contribution in [2.24, 2.45) is 0 Å². The summed E-state index contributed by atoms with van der Waals surface area (Å²) < 4.78 is 0.816. The lowest BCUT2D eigenvalue weighted by atomic mass is 9.95. The minimum absolute atomic E-state index is 0.113. The molecular weight excluding hydrogens is 488 g/mol. The first-order valence-electron chi connectivity index (χ1n) is 12.9. The lowest BCUT2D eigenvalue weighted by Gasteiger charge is -2.30. The quantitative estimate of drug-likeness (QED) is 0.0805. The highest BCUT2D eigenvalue weighted by atomic mass is 35.5. The van der Waals surface area contributed by atoms with E-state index in [-0.39, 0.29) is 22.4 Å². The molecule has 2 N–H and O–H groups in total. The zero-order valence-corrected chi connectivity index (χ0v) is 22.4. The van der Waals surface area contributed by atoms with Crippen LogP contribution in [0, 0.1) is 10.1 Å². The number of unbranched alkanes of at least 4 members (excludes halogenated alkanes) is 3. The molecule has 0 bridgehead atoms. The number of nitrogens with zero attached hydrogens (tertiary/aromatic N) is 3. The second-order valence-corrected chi connectivity index (χ2v) is 11.0. The van der Waals surface area contributed by atoms with Gasteiger partial charge < -0.3 is 15.1 Å². The molecule has 1 atom stereocenters. The highest BCUT2D eigenvalue weighted by molar-refractivity contribution is 6.19. The van der Waals surface area contributed by atoms with Crippen molar-refractivity contribution in [2.75, 3.05) is 43.7 Å². The molecule has 8 heteroatoms. The van der Waals surface area contributed by atoms with Gasteiger partial charge in [0.05, 0.1) is 25.6 Å². The summed E-state index contributed by atoms with van der Waals surface area (Å²) in [5.74, 6) is 0.721. The standard InChI is InChI=1S/C29H36ClN4O3/c1-34(2,20-21-12-14-23(15-13-21)33(36)37)16-8-4-3-5-11-28(35)32-19-22(18-30)29-25-10-7-6-9-24(25)26(31)17-27(29)32/h6-7,9-10,12-15,17,22H,3-5,8,11,16,18-20,31H2,1-2H3/q+1. The van der Waals surface area contributed by atoms with Gasteiger partial charge in [0, 0.05) is 59.2 Å². The Hall–Kier alpha value is -3.16. The molecule has 37 heavy (non-hydrogen) atoms. The molecule has 0 saturated carbocycles. The van der Waals surface area contributed by atoms with Crippen LogP contribution in [0.25, 0.3) is 10.8 Å². The molecule has 1 amide bonds. The molecular formula is C29H36ClN4O3+. The van der Waals surface area contributed by atoms with Gasteiger partial charge in [-0.05, 0) is 48.4 Å². The van der Waals surface area contributed by atoms with E-state index in [9.17, 15) is 14.9 Å². The van der Waals surface area contributed by atoms with Crippen molar-refractivity contribution in [3.8, 4) is 0 Å². The van der Waals surface area contributed by atoms with Gasteiger partial charge in [0.2, 0.25) is 5.91 Å². The number of carbonyl (C=O) groups excluding carboxylic acids is 1. The predicted octanol–water partition coefficient (Wildman–Crippen LogP) is 6.23. The van der Waals surface area contributed by atoms with E-state index in [2.05, 4.69) is 20.2 Å². The molecule has 1 aliphatic rings. The molecule has 3 aromatic carbocycles. The van der Waals surface area contributed by atoms with Gasteiger partial charge in [0.15, 0.2) is 0 Å². The summed E-state index contributed by atoms with van der Waals surface area (Å²) in [6.07, 6.45) is 4.51. The number of rotatable bonds is 11. The number of nitro benzene ring substituents is 1. The highest BCUT2D eigenvalue weighted by Crippen LogP contribution is 2.44. The Labute approximate surface area is 223 Å². The molecule has 1 heterocycles.